The predicted molar refractivity (Wildman–Crippen MR) is 137 cm³/mol. The Morgan fingerprint density at radius 3 is 2.51 bits per heavy atom. The van der Waals surface area contributed by atoms with Crippen molar-refractivity contribution in [2.75, 3.05) is 18.7 Å². The summed E-state index contributed by atoms with van der Waals surface area (Å²) in [4.78, 5) is 36.5. The molecule has 0 spiro atoms. The maximum absolute atomic E-state index is 12.3. The van der Waals surface area contributed by atoms with Crippen molar-refractivity contribution in [1.82, 2.24) is 10.7 Å². The summed E-state index contributed by atoms with van der Waals surface area (Å²) in [5.74, 6) is -0.474. The number of fused-ring (bicyclic) bond motifs is 1. The topological polar surface area (TPSA) is 127 Å². The number of carbonyl (C=O) groups excluding carboxylic acids is 3. The van der Waals surface area contributed by atoms with Crippen molar-refractivity contribution < 1.29 is 28.6 Å². The highest BCUT2D eigenvalue weighted by Crippen LogP contribution is 2.32. The van der Waals surface area contributed by atoms with Crippen molar-refractivity contribution in [3.05, 3.63) is 83.4 Å². The monoisotopic (exact) mass is 502 g/mol. The van der Waals surface area contributed by atoms with Crippen LogP contribution in [0.2, 0.25) is 0 Å². The Balaban J connectivity index is 1.24. The number of aryl methyl sites for hydroxylation is 1. The first-order valence-electron chi connectivity index (χ1n) is 11.6. The SMILES string of the molecule is CCc1ccc(NC(=O)COc2ccccc2/C=N\NC(=O)C(=O)NCc2ccc3c(c2)OCO3)cc1. The second-order valence-electron chi connectivity index (χ2n) is 7.99. The molecule has 0 aromatic heterocycles. The molecular weight excluding hydrogens is 476 g/mol. The summed E-state index contributed by atoms with van der Waals surface area (Å²) in [6.07, 6.45) is 2.25. The average molecular weight is 503 g/mol. The number of nitrogens with one attached hydrogen (secondary N) is 3. The Labute approximate surface area is 213 Å². The Hall–Kier alpha value is -4.86. The van der Waals surface area contributed by atoms with Gasteiger partial charge in [-0.05, 0) is 53.9 Å². The minimum Gasteiger partial charge on any atom is -0.483 e. The van der Waals surface area contributed by atoms with Crippen LogP contribution in [0.4, 0.5) is 5.69 Å². The molecule has 10 heteroatoms. The van der Waals surface area contributed by atoms with Gasteiger partial charge in [0.25, 0.3) is 5.91 Å². The first kappa shape index (κ1) is 25.2. The standard InChI is InChI=1S/C27H26N4O6/c1-2-18-7-10-21(11-8-18)30-25(32)16-35-22-6-4-3-5-20(22)15-29-31-27(34)26(33)28-14-19-9-12-23-24(13-19)37-17-36-23/h3-13,15H,2,14,16-17H2,1H3,(H,28,33)(H,30,32)(H,31,34)/b29-15-. The first-order valence-corrected chi connectivity index (χ1v) is 11.6. The first-order chi connectivity index (χ1) is 18.0. The van der Waals surface area contributed by atoms with Gasteiger partial charge >= 0.3 is 11.8 Å². The zero-order valence-corrected chi connectivity index (χ0v) is 20.2. The number of hydrogen-bond donors (Lipinski definition) is 3. The molecule has 0 saturated carbocycles. The number of nitrogens with zero attached hydrogens (tertiary/aromatic N) is 1. The number of amides is 3. The van der Waals surface area contributed by atoms with Crippen molar-refractivity contribution in [3.63, 3.8) is 0 Å². The fraction of sp³-hybridized carbons (Fsp3) is 0.185. The van der Waals surface area contributed by atoms with Gasteiger partial charge in [-0.2, -0.15) is 5.10 Å². The molecule has 0 aliphatic carbocycles. The van der Waals surface area contributed by atoms with Crippen molar-refractivity contribution in [2.24, 2.45) is 5.10 Å². The van der Waals surface area contributed by atoms with Crippen LogP contribution in [0.1, 0.15) is 23.6 Å². The van der Waals surface area contributed by atoms with Gasteiger partial charge in [0.1, 0.15) is 5.75 Å². The van der Waals surface area contributed by atoms with Gasteiger partial charge in [-0.15, -0.1) is 0 Å². The summed E-state index contributed by atoms with van der Waals surface area (Å²) < 4.78 is 16.2. The fourth-order valence-corrected chi connectivity index (χ4v) is 3.41. The van der Waals surface area contributed by atoms with Gasteiger partial charge in [-0.3, -0.25) is 14.4 Å². The molecule has 1 aliphatic rings. The van der Waals surface area contributed by atoms with Crippen LogP contribution in [0.15, 0.2) is 71.8 Å². The maximum Gasteiger partial charge on any atom is 0.329 e. The van der Waals surface area contributed by atoms with Crippen LogP contribution in [-0.2, 0) is 27.3 Å². The van der Waals surface area contributed by atoms with E-state index in [0.717, 1.165) is 12.0 Å². The third-order valence-electron chi connectivity index (χ3n) is 5.39. The van der Waals surface area contributed by atoms with E-state index in [1.54, 1.807) is 42.5 Å². The molecule has 3 aromatic carbocycles. The molecule has 0 bridgehead atoms. The summed E-state index contributed by atoms with van der Waals surface area (Å²) in [7, 11) is 0. The molecule has 0 fully saturated rings. The summed E-state index contributed by atoms with van der Waals surface area (Å²) in [6.45, 7) is 2.13. The zero-order chi connectivity index (χ0) is 26.0. The second kappa shape index (κ2) is 12.2. The van der Waals surface area contributed by atoms with Crippen LogP contribution < -0.4 is 30.3 Å². The Morgan fingerprint density at radius 2 is 1.70 bits per heavy atom. The van der Waals surface area contributed by atoms with Crippen molar-refractivity contribution in [1.29, 1.82) is 0 Å². The van der Waals surface area contributed by atoms with E-state index in [-0.39, 0.29) is 25.9 Å². The van der Waals surface area contributed by atoms with Gasteiger partial charge in [0.15, 0.2) is 18.1 Å². The molecule has 1 aliphatic heterocycles. The number of ether oxygens (including phenoxy) is 3. The molecule has 3 N–H and O–H groups in total. The van der Waals surface area contributed by atoms with E-state index in [0.29, 0.717) is 28.5 Å². The number of hydrazone groups is 1. The number of rotatable bonds is 9. The molecule has 0 saturated heterocycles. The smallest absolute Gasteiger partial charge is 0.329 e. The second-order valence-corrected chi connectivity index (χ2v) is 7.99. The number of hydrogen-bond acceptors (Lipinski definition) is 7. The van der Waals surface area contributed by atoms with E-state index in [1.165, 1.54) is 11.8 Å². The third-order valence-corrected chi connectivity index (χ3v) is 5.39. The molecule has 3 aromatic rings. The summed E-state index contributed by atoms with van der Waals surface area (Å²) in [6, 6.07) is 19.7. The van der Waals surface area contributed by atoms with Gasteiger partial charge in [0, 0.05) is 17.8 Å². The van der Waals surface area contributed by atoms with E-state index >= 15 is 0 Å². The quantitative estimate of drug-likeness (QED) is 0.235. The van der Waals surface area contributed by atoms with Crippen LogP contribution in [0.3, 0.4) is 0 Å². The van der Waals surface area contributed by atoms with Gasteiger partial charge in [-0.25, -0.2) is 5.43 Å². The van der Waals surface area contributed by atoms with E-state index in [9.17, 15) is 14.4 Å². The van der Waals surface area contributed by atoms with Gasteiger partial charge in [0.2, 0.25) is 6.79 Å². The number of para-hydroxylation sites is 1. The molecule has 0 unspecified atom stereocenters. The Morgan fingerprint density at radius 1 is 0.946 bits per heavy atom. The van der Waals surface area contributed by atoms with Crippen LogP contribution in [0.25, 0.3) is 0 Å². The van der Waals surface area contributed by atoms with E-state index in [1.807, 2.05) is 24.3 Å². The van der Waals surface area contributed by atoms with Crippen molar-refractivity contribution >= 4 is 29.6 Å². The maximum atomic E-state index is 12.3. The van der Waals surface area contributed by atoms with Crippen LogP contribution in [0.5, 0.6) is 17.2 Å². The summed E-state index contributed by atoms with van der Waals surface area (Å²) in [5.41, 5.74) is 5.31. The number of anilines is 1. The van der Waals surface area contributed by atoms with Crippen LogP contribution in [-0.4, -0.2) is 37.3 Å². The van der Waals surface area contributed by atoms with Gasteiger partial charge in [0.05, 0.1) is 6.21 Å². The molecule has 190 valence electrons. The molecule has 0 radical (unpaired) electrons. The lowest BCUT2D eigenvalue weighted by Crippen LogP contribution is -2.37. The van der Waals surface area contributed by atoms with Crippen molar-refractivity contribution in [3.8, 4) is 17.2 Å². The predicted octanol–water partition coefficient (Wildman–Crippen LogP) is 2.76. The normalized spacial score (nSPS) is 11.7. The van der Waals surface area contributed by atoms with E-state index < -0.39 is 11.8 Å². The highest BCUT2D eigenvalue weighted by atomic mass is 16.7. The summed E-state index contributed by atoms with van der Waals surface area (Å²) >= 11 is 0. The fourth-order valence-electron chi connectivity index (χ4n) is 3.41. The highest BCUT2D eigenvalue weighted by Gasteiger charge is 2.15. The minimum absolute atomic E-state index is 0.133. The molecule has 4 rings (SSSR count). The lowest BCUT2D eigenvalue weighted by atomic mass is 10.1. The number of benzene rings is 3. The molecule has 0 atom stereocenters. The molecule has 3 amide bonds. The zero-order valence-electron chi connectivity index (χ0n) is 20.2. The third kappa shape index (κ3) is 7.07. The van der Waals surface area contributed by atoms with Gasteiger partial charge < -0.3 is 24.8 Å². The Bertz CT molecular complexity index is 1310. The molecule has 37 heavy (non-hydrogen) atoms. The molecule has 1 heterocycles. The van der Waals surface area contributed by atoms with Crippen LogP contribution in [0, 0.1) is 0 Å². The molecule has 10 nitrogen and oxygen atoms in total. The van der Waals surface area contributed by atoms with Crippen molar-refractivity contribution in [2.45, 2.75) is 19.9 Å². The molecular formula is C27H26N4O6. The van der Waals surface area contributed by atoms with Crippen LogP contribution >= 0.6 is 0 Å². The Kier molecular flexibility index (Phi) is 8.33. The average Bonchev–Trinajstić information content (AvgIpc) is 3.39. The minimum atomic E-state index is -0.927. The lowest BCUT2D eigenvalue weighted by molar-refractivity contribution is -0.139. The van der Waals surface area contributed by atoms with Gasteiger partial charge in [-0.1, -0.05) is 37.3 Å². The van der Waals surface area contributed by atoms with E-state index in [2.05, 4.69) is 28.1 Å². The van der Waals surface area contributed by atoms with E-state index in [4.69, 9.17) is 14.2 Å². The highest BCUT2D eigenvalue weighted by molar-refractivity contribution is 6.35. The summed E-state index contributed by atoms with van der Waals surface area (Å²) in [5, 5.41) is 9.13. The lowest BCUT2D eigenvalue weighted by Gasteiger charge is -2.10. The number of carbonyl (C=O) groups is 3. The largest absolute Gasteiger partial charge is 0.483 e.